The Labute approximate surface area is 54.6 Å². The Bertz CT molecular complexity index is 137. The highest BCUT2D eigenvalue weighted by atomic mass is 16.2. The van der Waals surface area contributed by atoms with E-state index in [0.717, 1.165) is 6.42 Å². The van der Waals surface area contributed by atoms with Crippen molar-refractivity contribution in [1.29, 1.82) is 0 Å². The number of hydrogen-bond acceptors (Lipinski definition) is 1. The summed E-state index contributed by atoms with van der Waals surface area (Å²) in [6, 6.07) is 0. The number of carbonyl (C=O) groups excluding carboxylic acids is 1. The summed E-state index contributed by atoms with van der Waals surface area (Å²) in [4.78, 5) is 10.5. The van der Waals surface area contributed by atoms with Crippen molar-refractivity contribution in [3.05, 3.63) is 0 Å². The SMILES string of the molecule is O=C1CC2(CCCC2)N1. The van der Waals surface area contributed by atoms with Crippen LogP contribution in [0.5, 0.6) is 0 Å². The molecule has 1 heterocycles. The van der Waals surface area contributed by atoms with E-state index in [0.29, 0.717) is 0 Å². The first-order valence-electron chi connectivity index (χ1n) is 3.62. The molecule has 2 rings (SSSR count). The van der Waals surface area contributed by atoms with Crippen LogP contribution in [0.3, 0.4) is 0 Å². The Morgan fingerprint density at radius 3 is 2.33 bits per heavy atom. The van der Waals surface area contributed by atoms with Crippen LogP contribution in [0.15, 0.2) is 0 Å². The number of β-lactam (4-membered cyclic amide) rings is 1. The summed E-state index contributed by atoms with van der Waals surface area (Å²) < 4.78 is 0. The van der Waals surface area contributed by atoms with Crippen molar-refractivity contribution >= 4 is 5.91 Å². The number of rotatable bonds is 0. The van der Waals surface area contributed by atoms with Gasteiger partial charge in [-0.2, -0.15) is 0 Å². The van der Waals surface area contributed by atoms with Gasteiger partial charge in [0.2, 0.25) is 5.91 Å². The molecule has 9 heavy (non-hydrogen) atoms. The van der Waals surface area contributed by atoms with Crippen LogP contribution >= 0.6 is 0 Å². The molecule has 1 aliphatic heterocycles. The Morgan fingerprint density at radius 2 is 1.89 bits per heavy atom. The molecule has 1 saturated carbocycles. The van der Waals surface area contributed by atoms with E-state index < -0.39 is 0 Å². The van der Waals surface area contributed by atoms with E-state index in [1.54, 1.807) is 0 Å². The van der Waals surface area contributed by atoms with Gasteiger partial charge in [-0.1, -0.05) is 12.8 Å². The van der Waals surface area contributed by atoms with Crippen molar-refractivity contribution in [2.24, 2.45) is 0 Å². The van der Waals surface area contributed by atoms with Crippen molar-refractivity contribution in [3.63, 3.8) is 0 Å². The van der Waals surface area contributed by atoms with Gasteiger partial charge in [0.1, 0.15) is 0 Å². The van der Waals surface area contributed by atoms with Crippen LogP contribution in [0.4, 0.5) is 0 Å². The van der Waals surface area contributed by atoms with E-state index >= 15 is 0 Å². The lowest BCUT2D eigenvalue weighted by Gasteiger charge is -2.38. The zero-order chi connectivity index (χ0) is 6.32. The minimum atomic E-state index is 0.247. The van der Waals surface area contributed by atoms with Gasteiger partial charge in [-0.05, 0) is 12.8 Å². The summed E-state index contributed by atoms with van der Waals surface area (Å²) in [6.07, 6.45) is 5.85. The minimum absolute atomic E-state index is 0.247. The maximum Gasteiger partial charge on any atom is 0.222 e. The molecular weight excluding hydrogens is 114 g/mol. The number of hydrogen-bond donors (Lipinski definition) is 1. The molecule has 1 spiro atoms. The van der Waals surface area contributed by atoms with Gasteiger partial charge in [-0.15, -0.1) is 0 Å². The van der Waals surface area contributed by atoms with Gasteiger partial charge in [0.05, 0.1) is 0 Å². The molecule has 0 bridgehead atoms. The average molecular weight is 125 g/mol. The van der Waals surface area contributed by atoms with Crippen LogP contribution in [0.1, 0.15) is 32.1 Å². The molecule has 0 radical (unpaired) electrons. The lowest BCUT2D eigenvalue weighted by atomic mass is 9.86. The minimum Gasteiger partial charge on any atom is -0.350 e. The second-order valence-electron chi connectivity index (χ2n) is 3.21. The molecule has 50 valence electrons. The van der Waals surface area contributed by atoms with E-state index in [9.17, 15) is 4.79 Å². The highest BCUT2D eigenvalue weighted by Gasteiger charge is 2.44. The van der Waals surface area contributed by atoms with Gasteiger partial charge in [-0.25, -0.2) is 0 Å². The van der Waals surface area contributed by atoms with Crippen LogP contribution in [0, 0.1) is 0 Å². The van der Waals surface area contributed by atoms with Crippen molar-refractivity contribution in [3.8, 4) is 0 Å². The summed E-state index contributed by atoms with van der Waals surface area (Å²) in [6.45, 7) is 0. The fourth-order valence-electron chi connectivity index (χ4n) is 1.94. The Hall–Kier alpha value is -0.530. The summed E-state index contributed by atoms with van der Waals surface area (Å²) in [5.74, 6) is 0.247. The predicted molar refractivity (Wildman–Crippen MR) is 34.0 cm³/mol. The van der Waals surface area contributed by atoms with Crippen LogP contribution < -0.4 is 5.32 Å². The third-order valence-corrected chi connectivity index (χ3v) is 2.46. The van der Waals surface area contributed by atoms with E-state index in [1.807, 2.05) is 0 Å². The van der Waals surface area contributed by atoms with Crippen molar-refractivity contribution in [2.75, 3.05) is 0 Å². The lowest BCUT2D eigenvalue weighted by molar-refractivity contribution is -0.132. The van der Waals surface area contributed by atoms with Gasteiger partial charge in [0.15, 0.2) is 0 Å². The summed E-state index contributed by atoms with van der Waals surface area (Å²) >= 11 is 0. The molecule has 0 aromatic carbocycles. The first-order chi connectivity index (χ1) is 4.31. The molecule has 2 nitrogen and oxygen atoms in total. The van der Waals surface area contributed by atoms with Crippen LogP contribution in [0.2, 0.25) is 0 Å². The molecular formula is C7H11NO. The largest absolute Gasteiger partial charge is 0.350 e. The molecule has 1 amide bonds. The fourth-order valence-corrected chi connectivity index (χ4v) is 1.94. The summed E-state index contributed by atoms with van der Waals surface area (Å²) in [7, 11) is 0. The van der Waals surface area contributed by atoms with Gasteiger partial charge >= 0.3 is 0 Å². The molecule has 1 N–H and O–H groups in total. The van der Waals surface area contributed by atoms with Gasteiger partial charge in [0, 0.05) is 12.0 Å². The van der Waals surface area contributed by atoms with Crippen LogP contribution in [-0.4, -0.2) is 11.4 Å². The van der Waals surface area contributed by atoms with E-state index in [1.165, 1.54) is 25.7 Å². The van der Waals surface area contributed by atoms with E-state index in [2.05, 4.69) is 5.32 Å². The van der Waals surface area contributed by atoms with E-state index in [4.69, 9.17) is 0 Å². The Morgan fingerprint density at radius 1 is 1.33 bits per heavy atom. The zero-order valence-electron chi connectivity index (χ0n) is 5.44. The monoisotopic (exact) mass is 125 g/mol. The highest BCUT2D eigenvalue weighted by molar-refractivity contribution is 5.84. The van der Waals surface area contributed by atoms with Crippen molar-refractivity contribution in [2.45, 2.75) is 37.6 Å². The van der Waals surface area contributed by atoms with Crippen LogP contribution in [0.25, 0.3) is 0 Å². The first kappa shape index (κ1) is 5.27. The number of carbonyl (C=O) groups is 1. The maximum absolute atomic E-state index is 10.5. The molecule has 0 aromatic heterocycles. The quantitative estimate of drug-likeness (QED) is 0.477. The first-order valence-corrected chi connectivity index (χ1v) is 3.62. The molecule has 0 atom stereocenters. The summed E-state index contributed by atoms with van der Waals surface area (Å²) in [5, 5.41) is 2.98. The number of nitrogens with one attached hydrogen (secondary N) is 1. The van der Waals surface area contributed by atoms with E-state index in [-0.39, 0.29) is 11.4 Å². The third-order valence-electron chi connectivity index (χ3n) is 2.46. The number of amides is 1. The average Bonchev–Trinajstić information content (AvgIpc) is 2.12. The molecule has 2 aliphatic rings. The van der Waals surface area contributed by atoms with Crippen molar-refractivity contribution < 1.29 is 4.79 Å². The Kier molecular flexibility index (Phi) is 0.875. The summed E-state index contributed by atoms with van der Waals surface area (Å²) in [5.41, 5.74) is 0.289. The second-order valence-corrected chi connectivity index (χ2v) is 3.21. The fraction of sp³-hybridized carbons (Fsp3) is 0.857. The molecule has 2 fully saturated rings. The molecule has 0 aromatic rings. The third kappa shape index (κ3) is 0.655. The molecule has 1 aliphatic carbocycles. The zero-order valence-corrected chi connectivity index (χ0v) is 5.44. The predicted octanol–water partition coefficient (Wildman–Crippen LogP) is 0.819. The standard InChI is InChI=1S/C7H11NO/c9-6-5-7(8-6)3-1-2-4-7/h1-5H2,(H,8,9). The van der Waals surface area contributed by atoms with Gasteiger partial charge in [-0.3, -0.25) is 4.79 Å². The lowest BCUT2D eigenvalue weighted by Crippen LogP contribution is -2.59. The molecule has 1 saturated heterocycles. The van der Waals surface area contributed by atoms with Crippen LogP contribution in [-0.2, 0) is 4.79 Å². The van der Waals surface area contributed by atoms with Gasteiger partial charge in [0.25, 0.3) is 0 Å². The Balaban J connectivity index is 2.03. The topological polar surface area (TPSA) is 29.1 Å². The smallest absolute Gasteiger partial charge is 0.222 e. The normalized spacial score (nSPS) is 30.0. The molecule has 2 heteroatoms. The highest BCUT2D eigenvalue weighted by Crippen LogP contribution is 2.37. The van der Waals surface area contributed by atoms with Crippen molar-refractivity contribution in [1.82, 2.24) is 5.32 Å². The maximum atomic E-state index is 10.5. The molecule has 0 unspecified atom stereocenters. The second kappa shape index (κ2) is 1.49. The van der Waals surface area contributed by atoms with Gasteiger partial charge < -0.3 is 5.32 Å².